The van der Waals surface area contributed by atoms with Crippen molar-refractivity contribution in [3.05, 3.63) is 141 Å². The van der Waals surface area contributed by atoms with Gasteiger partial charge in [0.1, 0.15) is 23.5 Å². The van der Waals surface area contributed by atoms with Crippen LogP contribution >= 0.6 is 0 Å². The highest BCUT2D eigenvalue weighted by Crippen LogP contribution is 2.35. The van der Waals surface area contributed by atoms with E-state index in [-0.39, 0.29) is 33.4 Å². The first-order valence-electron chi connectivity index (χ1n) is 14.5. The van der Waals surface area contributed by atoms with E-state index in [1.807, 2.05) is 0 Å². The highest BCUT2D eigenvalue weighted by molar-refractivity contribution is 6.37. The van der Waals surface area contributed by atoms with Gasteiger partial charge in [0, 0.05) is 45.2 Å². The third-order valence-corrected chi connectivity index (χ3v) is 8.84. The summed E-state index contributed by atoms with van der Waals surface area (Å²) in [6.07, 6.45) is 0. The smallest absolute Gasteiger partial charge is 0.193 e. The second-order valence-corrected chi connectivity index (χ2v) is 11.5. The fourth-order valence-electron chi connectivity index (χ4n) is 6.08. The van der Waals surface area contributed by atoms with Crippen LogP contribution in [0, 0.1) is 23.5 Å². The van der Waals surface area contributed by atoms with Crippen molar-refractivity contribution in [3.8, 4) is 0 Å². The maximum absolute atomic E-state index is 13.5. The van der Waals surface area contributed by atoms with Crippen molar-refractivity contribution in [1.29, 1.82) is 0 Å². The summed E-state index contributed by atoms with van der Waals surface area (Å²) in [4.78, 5) is 92.8. The van der Waals surface area contributed by atoms with E-state index in [9.17, 15) is 42.3 Å². The molecule has 228 valence electrons. The summed E-state index contributed by atoms with van der Waals surface area (Å²) >= 11 is 0. The SMILES string of the molecule is CC(C(=O)C1C(=O)c2ccc(C(=O)c3ccc4c(c3)C(=O)C(C(=O)C(C)c3ccc(F)cc3)C4=O)cc2C1=O)c1ccc(F)cc1. The fraction of sp³-hybridized carbons (Fsp3) is 0.162. The Labute approximate surface area is 261 Å². The van der Waals surface area contributed by atoms with Crippen LogP contribution in [0.5, 0.6) is 0 Å². The molecule has 46 heavy (non-hydrogen) atoms. The third-order valence-electron chi connectivity index (χ3n) is 8.84. The summed E-state index contributed by atoms with van der Waals surface area (Å²) in [5, 5.41) is 0. The van der Waals surface area contributed by atoms with Crippen molar-refractivity contribution in [3.63, 3.8) is 0 Å². The first-order valence-corrected chi connectivity index (χ1v) is 14.5. The number of carbonyl (C=O) groups excluding carboxylic acids is 7. The zero-order valence-electron chi connectivity index (χ0n) is 24.5. The molecular formula is C37H24F2O7. The molecule has 0 amide bonds. The molecule has 2 aliphatic carbocycles. The van der Waals surface area contributed by atoms with Gasteiger partial charge in [-0.3, -0.25) is 33.6 Å². The number of Topliss-reactive ketones (excluding diaryl/α,β-unsaturated/α-hetero) is 6. The van der Waals surface area contributed by atoms with E-state index in [0.29, 0.717) is 11.1 Å². The topological polar surface area (TPSA) is 119 Å². The van der Waals surface area contributed by atoms with Gasteiger partial charge >= 0.3 is 0 Å². The van der Waals surface area contributed by atoms with Crippen molar-refractivity contribution in [2.45, 2.75) is 25.7 Å². The molecule has 0 fully saturated rings. The van der Waals surface area contributed by atoms with Crippen LogP contribution in [0.25, 0.3) is 0 Å². The minimum absolute atomic E-state index is 0.00226. The number of halogens is 2. The second-order valence-electron chi connectivity index (χ2n) is 11.5. The molecule has 0 N–H and O–H groups in total. The zero-order valence-corrected chi connectivity index (χ0v) is 24.5. The lowest BCUT2D eigenvalue weighted by atomic mass is 9.86. The highest BCUT2D eigenvalue weighted by Gasteiger charge is 2.46. The first kappa shape index (κ1) is 30.5. The van der Waals surface area contributed by atoms with Crippen molar-refractivity contribution in [2.75, 3.05) is 0 Å². The Morgan fingerprint density at radius 1 is 0.500 bits per heavy atom. The quantitative estimate of drug-likeness (QED) is 0.177. The Hall–Kier alpha value is -5.57. The van der Waals surface area contributed by atoms with E-state index in [1.54, 1.807) is 0 Å². The van der Waals surface area contributed by atoms with Crippen molar-refractivity contribution in [1.82, 2.24) is 0 Å². The van der Waals surface area contributed by atoms with E-state index >= 15 is 0 Å². The average molecular weight is 619 g/mol. The molecule has 0 saturated heterocycles. The standard InChI is InChI=1S/C37H24F2O7/c1-17(19-3-9-23(38)10-4-19)31(40)29-34(43)25-13-7-21(15-27(25)36(29)45)33(42)22-8-14-26-28(16-22)37(46)30(35(26)44)32(41)18(2)20-5-11-24(39)12-6-20/h3-18,29-30H,1-2H3. The Bertz CT molecular complexity index is 1880. The summed E-state index contributed by atoms with van der Waals surface area (Å²) in [5.74, 6) is -10.7. The van der Waals surface area contributed by atoms with Gasteiger partial charge in [-0.1, -0.05) is 50.2 Å². The molecule has 9 heteroatoms. The zero-order chi connectivity index (χ0) is 33.0. The normalized spacial score (nSPS) is 18.3. The molecule has 0 bridgehead atoms. The molecule has 0 aromatic heterocycles. The van der Waals surface area contributed by atoms with Crippen LogP contribution in [0.1, 0.15) is 94.2 Å². The summed E-state index contributed by atoms with van der Waals surface area (Å²) in [5.41, 5.74) is 0.717. The molecule has 4 aromatic carbocycles. The molecule has 0 heterocycles. The monoisotopic (exact) mass is 618 g/mol. The van der Waals surface area contributed by atoms with Crippen molar-refractivity contribution >= 4 is 40.5 Å². The minimum atomic E-state index is -1.60. The van der Waals surface area contributed by atoms with Gasteiger partial charge in [-0.05, 0) is 59.7 Å². The predicted molar refractivity (Wildman–Crippen MR) is 160 cm³/mol. The van der Waals surface area contributed by atoms with Gasteiger partial charge in [-0.2, -0.15) is 0 Å². The minimum Gasteiger partial charge on any atom is -0.298 e. The lowest BCUT2D eigenvalue weighted by Gasteiger charge is -2.14. The Kier molecular flexibility index (Phi) is 7.56. The number of hydrogen-bond donors (Lipinski definition) is 0. The van der Waals surface area contributed by atoms with Crippen LogP contribution in [-0.4, -0.2) is 40.5 Å². The van der Waals surface area contributed by atoms with E-state index in [0.717, 1.165) is 0 Å². The van der Waals surface area contributed by atoms with Crippen LogP contribution in [0.3, 0.4) is 0 Å². The van der Waals surface area contributed by atoms with Crippen molar-refractivity contribution < 1.29 is 42.3 Å². The maximum atomic E-state index is 13.5. The van der Waals surface area contributed by atoms with E-state index < -0.39 is 75.8 Å². The summed E-state index contributed by atoms with van der Waals surface area (Å²) in [6.45, 7) is 3.05. The first-order chi connectivity index (χ1) is 21.9. The van der Waals surface area contributed by atoms with Gasteiger partial charge < -0.3 is 0 Å². The predicted octanol–water partition coefficient (Wildman–Crippen LogP) is 5.93. The Balaban J connectivity index is 1.24. The van der Waals surface area contributed by atoms with Crippen LogP contribution in [-0.2, 0) is 9.59 Å². The summed E-state index contributed by atoms with van der Waals surface area (Å²) in [6, 6.07) is 18.1. The average Bonchev–Trinajstić information content (AvgIpc) is 3.46. The van der Waals surface area contributed by atoms with Crippen LogP contribution < -0.4 is 0 Å². The maximum Gasteiger partial charge on any atom is 0.193 e. The van der Waals surface area contributed by atoms with E-state index in [1.165, 1.54) is 98.8 Å². The number of benzene rings is 4. The van der Waals surface area contributed by atoms with Gasteiger partial charge in [0.15, 0.2) is 40.5 Å². The summed E-state index contributed by atoms with van der Waals surface area (Å²) < 4.78 is 26.7. The van der Waals surface area contributed by atoms with Crippen LogP contribution in [0.2, 0.25) is 0 Å². The van der Waals surface area contributed by atoms with Crippen molar-refractivity contribution in [2.24, 2.45) is 11.8 Å². The molecule has 0 aliphatic heterocycles. The Morgan fingerprint density at radius 2 is 0.826 bits per heavy atom. The van der Waals surface area contributed by atoms with Gasteiger partial charge in [0.25, 0.3) is 0 Å². The molecule has 0 spiro atoms. The van der Waals surface area contributed by atoms with Crippen LogP contribution in [0.15, 0.2) is 84.9 Å². The molecular weight excluding hydrogens is 594 g/mol. The number of ketones is 7. The lowest BCUT2D eigenvalue weighted by Crippen LogP contribution is -2.29. The molecule has 6 rings (SSSR count). The highest BCUT2D eigenvalue weighted by atomic mass is 19.1. The number of carbonyl (C=O) groups is 7. The largest absolute Gasteiger partial charge is 0.298 e. The Morgan fingerprint density at radius 3 is 1.17 bits per heavy atom. The van der Waals surface area contributed by atoms with Gasteiger partial charge in [-0.15, -0.1) is 0 Å². The molecule has 0 radical (unpaired) electrons. The number of hydrogen-bond acceptors (Lipinski definition) is 7. The van der Waals surface area contributed by atoms with Gasteiger partial charge in [-0.25, -0.2) is 8.78 Å². The second kappa shape index (κ2) is 11.4. The van der Waals surface area contributed by atoms with Gasteiger partial charge in [0.2, 0.25) is 0 Å². The third kappa shape index (κ3) is 4.94. The molecule has 0 saturated carbocycles. The molecule has 4 atom stereocenters. The lowest BCUT2D eigenvalue weighted by molar-refractivity contribution is -0.122. The fourth-order valence-corrected chi connectivity index (χ4v) is 6.08. The van der Waals surface area contributed by atoms with E-state index in [2.05, 4.69) is 0 Å². The molecule has 4 unspecified atom stereocenters. The molecule has 4 aromatic rings. The molecule has 2 aliphatic rings. The molecule has 7 nitrogen and oxygen atoms in total. The number of fused-ring (bicyclic) bond motifs is 2. The van der Waals surface area contributed by atoms with Crippen LogP contribution in [0.4, 0.5) is 8.78 Å². The summed E-state index contributed by atoms with van der Waals surface area (Å²) in [7, 11) is 0. The number of rotatable bonds is 8. The van der Waals surface area contributed by atoms with Gasteiger partial charge in [0.05, 0.1) is 0 Å². The van der Waals surface area contributed by atoms with E-state index in [4.69, 9.17) is 0 Å².